The average molecular weight is 298 g/mol. The van der Waals surface area contributed by atoms with E-state index in [1.165, 1.54) is 27.2 Å². The highest BCUT2D eigenvalue weighted by Crippen LogP contribution is 2.25. The second kappa shape index (κ2) is 5.33. The minimum atomic E-state index is 1.10. The van der Waals surface area contributed by atoms with Crippen LogP contribution in [-0.2, 0) is 0 Å². The molecule has 2 heteroatoms. The molecule has 0 amide bonds. The van der Waals surface area contributed by atoms with E-state index in [1.54, 1.807) is 0 Å². The Balaban J connectivity index is 2.19. The normalized spacial score (nSPS) is 13.3. The Morgan fingerprint density at radius 1 is 1.04 bits per heavy atom. The third-order valence-corrected chi connectivity index (χ3v) is 4.30. The van der Waals surface area contributed by atoms with Crippen LogP contribution in [0, 0.1) is 0 Å². The summed E-state index contributed by atoms with van der Waals surface area (Å²) in [5.41, 5.74) is 3.54. The fourth-order valence-electron chi connectivity index (χ4n) is 3.29. The zero-order valence-corrected chi connectivity index (χ0v) is 13.1. The SMILES string of the molecule is C=C/C=c1/[nH]c2c(ccc3ccn(-c4ccccc4)c32)/c1=C/C. The van der Waals surface area contributed by atoms with Gasteiger partial charge in [-0.05, 0) is 31.2 Å². The van der Waals surface area contributed by atoms with E-state index >= 15 is 0 Å². The number of hydrogen-bond acceptors (Lipinski definition) is 0. The summed E-state index contributed by atoms with van der Waals surface area (Å²) in [6, 6.07) is 17.0. The van der Waals surface area contributed by atoms with Crippen molar-refractivity contribution in [2.24, 2.45) is 0 Å². The molecule has 0 atom stereocenters. The van der Waals surface area contributed by atoms with Gasteiger partial charge < -0.3 is 9.55 Å². The van der Waals surface area contributed by atoms with Crippen molar-refractivity contribution < 1.29 is 0 Å². The zero-order chi connectivity index (χ0) is 15.8. The average Bonchev–Trinajstić information content (AvgIpc) is 3.16. The Morgan fingerprint density at radius 3 is 2.61 bits per heavy atom. The van der Waals surface area contributed by atoms with Gasteiger partial charge in [-0.1, -0.05) is 49.1 Å². The van der Waals surface area contributed by atoms with E-state index in [1.807, 2.05) is 18.2 Å². The zero-order valence-electron chi connectivity index (χ0n) is 13.1. The molecule has 0 bridgehead atoms. The molecule has 0 fully saturated rings. The Morgan fingerprint density at radius 2 is 1.87 bits per heavy atom. The second-order valence-corrected chi connectivity index (χ2v) is 5.59. The summed E-state index contributed by atoms with van der Waals surface area (Å²) in [6.45, 7) is 5.90. The summed E-state index contributed by atoms with van der Waals surface area (Å²) < 4.78 is 2.24. The highest BCUT2D eigenvalue weighted by atomic mass is 15.0. The number of rotatable bonds is 2. The van der Waals surface area contributed by atoms with Crippen molar-refractivity contribution in [3.05, 3.63) is 78.0 Å². The molecule has 1 N–H and O–H groups in total. The molecule has 0 aliphatic rings. The maximum Gasteiger partial charge on any atom is 0.0771 e. The van der Waals surface area contributed by atoms with E-state index in [-0.39, 0.29) is 0 Å². The quantitative estimate of drug-likeness (QED) is 0.580. The number of aromatic nitrogens is 2. The first-order valence-electron chi connectivity index (χ1n) is 7.80. The Hall–Kier alpha value is -3.00. The van der Waals surface area contributed by atoms with Gasteiger partial charge in [0.05, 0.1) is 11.0 Å². The summed E-state index contributed by atoms with van der Waals surface area (Å²) in [5, 5.41) is 4.80. The maximum atomic E-state index is 3.82. The van der Waals surface area contributed by atoms with Crippen LogP contribution in [0.1, 0.15) is 6.92 Å². The number of allylic oxidation sites excluding steroid dienone is 1. The fraction of sp³-hybridized carbons (Fsp3) is 0.0476. The van der Waals surface area contributed by atoms with Crippen molar-refractivity contribution in [3.8, 4) is 5.69 Å². The van der Waals surface area contributed by atoms with Crippen LogP contribution in [0.3, 0.4) is 0 Å². The molecule has 0 saturated heterocycles. The molecule has 0 aliphatic carbocycles. The molecular weight excluding hydrogens is 280 g/mol. The van der Waals surface area contributed by atoms with Crippen LogP contribution in [0.2, 0.25) is 0 Å². The molecule has 23 heavy (non-hydrogen) atoms. The molecule has 4 rings (SSSR count). The Bertz CT molecular complexity index is 1130. The van der Waals surface area contributed by atoms with E-state index in [2.05, 4.69) is 77.8 Å². The minimum absolute atomic E-state index is 1.10. The van der Waals surface area contributed by atoms with Gasteiger partial charge in [0, 0.05) is 33.2 Å². The lowest BCUT2D eigenvalue weighted by molar-refractivity contribution is 1.13. The van der Waals surface area contributed by atoms with Crippen LogP contribution in [-0.4, -0.2) is 9.55 Å². The third-order valence-electron chi connectivity index (χ3n) is 4.30. The van der Waals surface area contributed by atoms with Gasteiger partial charge in [-0.15, -0.1) is 0 Å². The first-order valence-corrected chi connectivity index (χ1v) is 7.80. The number of aromatic amines is 1. The molecule has 0 unspecified atom stereocenters. The Labute approximate surface area is 134 Å². The second-order valence-electron chi connectivity index (χ2n) is 5.59. The van der Waals surface area contributed by atoms with E-state index in [4.69, 9.17) is 0 Å². The largest absolute Gasteiger partial charge is 0.353 e. The number of nitrogens with zero attached hydrogens (tertiary/aromatic N) is 1. The fourth-order valence-corrected chi connectivity index (χ4v) is 3.29. The monoisotopic (exact) mass is 298 g/mol. The van der Waals surface area contributed by atoms with Crippen LogP contribution in [0.5, 0.6) is 0 Å². The van der Waals surface area contributed by atoms with E-state index in [0.717, 1.165) is 10.9 Å². The third kappa shape index (κ3) is 2.03. The van der Waals surface area contributed by atoms with Crippen LogP contribution in [0.4, 0.5) is 0 Å². The topological polar surface area (TPSA) is 20.7 Å². The summed E-state index contributed by atoms with van der Waals surface area (Å²) in [5.74, 6) is 0. The lowest BCUT2D eigenvalue weighted by atomic mass is 10.1. The van der Waals surface area contributed by atoms with Gasteiger partial charge in [-0.2, -0.15) is 0 Å². The van der Waals surface area contributed by atoms with Gasteiger partial charge >= 0.3 is 0 Å². The molecule has 2 aromatic carbocycles. The smallest absolute Gasteiger partial charge is 0.0771 e. The van der Waals surface area contributed by atoms with Crippen LogP contribution >= 0.6 is 0 Å². The van der Waals surface area contributed by atoms with Crippen molar-refractivity contribution in [2.45, 2.75) is 6.92 Å². The van der Waals surface area contributed by atoms with Gasteiger partial charge in [0.2, 0.25) is 0 Å². The highest BCUT2D eigenvalue weighted by Gasteiger charge is 2.10. The molecule has 0 spiro atoms. The molecule has 0 aliphatic heterocycles. The predicted octanol–water partition coefficient (Wildman–Crippen LogP) is 3.88. The molecule has 0 saturated carbocycles. The first kappa shape index (κ1) is 13.6. The lowest BCUT2D eigenvalue weighted by Crippen LogP contribution is -2.21. The number of nitrogens with one attached hydrogen (secondary N) is 1. The molecule has 4 aromatic rings. The number of H-pyrrole nitrogens is 1. The number of fused-ring (bicyclic) bond motifs is 3. The van der Waals surface area contributed by atoms with Crippen molar-refractivity contribution in [1.82, 2.24) is 9.55 Å². The lowest BCUT2D eigenvalue weighted by Gasteiger charge is -2.06. The maximum absolute atomic E-state index is 3.82. The standard InChI is InChI=1S/C21H18N2/c1-3-8-19-17(4-2)18-12-11-15-13-14-23(21(15)20(18)22-19)16-9-6-5-7-10-16/h3-14,22H,1H2,2H3/b17-4-,19-8+. The molecule has 0 radical (unpaired) electrons. The van der Waals surface area contributed by atoms with Crippen molar-refractivity contribution >= 4 is 34.0 Å². The van der Waals surface area contributed by atoms with Crippen LogP contribution in [0.25, 0.3) is 39.6 Å². The Kier molecular flexibility index (Phi) is 3.16. The highest BCUT2D eigenvalue weighted by molar-refractivity contribution is 6.05. The molecule has 2 nitrogen and oxygen atoms in total. The number of benzene rings is 2. The minimum Gasteiger partial charge on any atom is -0.353 e. The summed E-state index contributed by atoms with van der Waals surface area (Å²) in [4.78, 5) is 3.58. The van der Waals surface area contributed by atoms with Gasteiger partial charge in [0.1, 0.15) is 0 Å². The van der Waals surface area contributed by atoms with Gasteiger partial charge in [-0.3, -0.25) is 0 Å². The van der Waals surface area contributed by atoms with Crippen LogP contribution < -0.4 is 10.6 Å². The van der Waals surface area contributed by atoms with Gasteiger partial charge in [-0.25, -0.2) is 0 Å². The summed E-state index contributed by atoms with van der Waals surface area (Å²) >= 11 is 0. The van der Waals surface area contributed by atoms with E-state index in [0.29, 0.717) is 0 Å². The van der Waals surface area contributed by atoms with Crippen molar-refractivity contribution in [1.29, 1.82) is 0 Å². The first-order chi connectivity index (χ1) is 11.3. The molecule has 112 valence electrons. The summed E-state index contributed by atoms with van der Waals surface area (Å²) in [6.07, 6.45) is 8.13. The van der Waals surface area contributed by atoms with E-state index in [9.17, 15) is 0 Å². The van der Waals surface area contributed by atoms with E-state index < -0.39 is 0 Å². The predicted molar refractivity (Wildman–Crippen MR) is 99.2 cm³/mol. The van der Waals surface area contributed by atoms with Crippen LogP contribution in [0.15, 0.2) is 67.4 Å². The molecule has 2 heterocycles. The van der Waals surface area contributed by atoms with Crippen molar-refractivity contribution in [3.63, 3.8) is 0 Å². The number of para-hydroxylation sites is 1. The summed E-state index contributed by atoms with van der Waals surface area (Å²) in [7, 11) is 0. The molecule has 2 aromatic heterocycles. The molecular formula is C21H18N2. The number of hydrogen-bond donors (Lipinski definition) is 1. The van der Waals surface area contributed by atoms with Gasteiger partial charge in [0.25, 0.3) is 0 Å². The van der Waals surface area contributed by atoms with Gasteiger partial charge in [0.15, 0.2) is 0 Å². The van der Waals surface area contributed by atoms with Crippen molar-refractivity contribution in [2.75, 3.05) is 0 Å².